The zero-order valence-electron chi connectivity index (χ0n) is 23.0. The fraction of sp³-hybridized carbons (Fsp3) is 0.367. The second kappa shape index (κ2) is 9.21. The molecule has 10 nitrogen and oxygen atoms in total. The molecule has 3 aliphatic rings. The number of carbonyl (C=O) groups excluding carboxylic acids is 3. The molecule has 4 atom stereocenters. The Morgan fingerprint density at radius 3 is 2.23 bits per heavy atom. The van der Waals surface area contributed by atoms with Crippen molar-refractivity contribution in [2.75, 3.05) is 33.1 Å². The number of primary amides is 1. The molecule has 0 saturated carbocycles. The molecule has 0 aromatic heterocycles. The number of ketones is 2. The van der Waals surface area contributed by atoms with E-state index in [0.717, 1.165) is 5.56 Å². The maximum Gasteiger partial charge on any atom is 0.255 e. The fourth-order valence-electron chi connectivity index (χ4n) is 6.65. The van der Waals surface area contributed by atoms with Crippen molar-refractivity contribution in [2.45, 2.75) is 31.4 Å². The third kappa shape index (κ3) is 3.66. The second-order valence-corrected chi connectivity index (χ2v) is 11.4. The molecule has 0 bridgehead atoms. The Kier molecular flexibility index (Phi) is 6.31. The Morgan fingerprint density at radius 2 is 1.68 bits per heavy atom. The summed E-state index contributed by atoms with van der Waals surface area (Å²) < 4.78 is 0. The van der Waals surface area contributed by atoms with Gasteiger partial charge in [-0.05, 0) is 57.0 Å². The summed E-state index contributed by atoms with van der Waals surface area (Å²) in [5.41, 5.74) is 5.13. The number of fused-ring (bicyclic) bond motifs is 3. The number of phenols is 1. The lowest BCUT2D eigenvalue weighted by Crippen LogP contribution is -2.63. The number of hydrogen-bond acceptors (Lipinski definition) is 9. The molecule has 40 heavy (non-hydrogen) atoms. The lowest BCUT2D eigenvalue weighted by molar-refractivity contribution is -0.148. The van der Waals surface area contributed by atoms with E-state index >= 15 is 0 Å². The van der Waals surface area contributed by atoms with Crippen LogP contribution in [0, 0.1) is 18.8 Å². The van der Waals surface area contributed by atoms with E-state index in [1.807, 2.05) is 56.3 Å². The Balaban J connectivity index is 1.75. The van der Waals surface area contributed by atoms with Gasteiger partial charge in [0.05, 0.1) is 11.6 Å². The number of Topliss-reactive ketones (excluding diaryl/α,β-unsaturated/α-hetero) is 2. The molecule has 0 saturated heterocycles. The monoisotopic (exact) mass is 547 g/mol. The van der Waals surface area contributed by atoms with Crippen LogP contribution in [0.1, 0.15) is 27.9 Å². The van der Waals surface area contributed by atoms with E-state index in [1.165, 1.54) is 4.90 Å². The van der Waals surface area contributed by atoms with E-state index in [4.69, 9.17) is 5.73 Å². The van der Waals surface area contributed by atoms with Gasteiger partial charge in [-0.2, -0.15) is 0 Å². The smallest absolute Gasteiger partial charge is 0.255 e. The molecule has 0 heterocycles. The minimum atomic E-state index is -2.67. The summed E-state index contributed by atoms with van der Waals surface area (Å²) in [5.74, 6) is -6.65. The number of allylic oxidation sites excluding steroid dienone is 1. The minimum absolute atomic E-state index is 0.0115. The first-order valence-corrected chi connectivity index (χ1v) is 13.0. The number of aliphatic hydroxyl groups is 3. The van der Waals surface area contributed by atoms with Crippen molar-refractivity contribution in [3.05, 3.63) is 69.7 Å². The van der Waals surface area contributed by atoms with Crippen molar-refractivity contribution in [2.24, 2.45) is 17.6 Å². The topological polar surface area (TPSA) is 165 Å². The van der Waals surface area contributed by atoms with Crippen LogP contribution in [0.25, 0.3) is 11.1 Å². The number of amides is 1. The van der Waals surface area contributed by atoms with Crippen molar-refractivity contribution in [1.29, 1.82) is 0 Å². The third-order valence-electron chi connectivity index (χ3n) is 8.54. The average Bonchev–Trinajstić information content (AvgIpc) is 2.86. The lowest BCUT2D eigenvalue weighted by Gasteiger charge is -2.50. The van der Waals surface area contributed by atoms with Crippen molar-refractivity contribution in [3.63, 3.8) is 0 Å². The molecule has 0 spiro atoms. The summed E-state index contributed by atoms with van der Waals surface area (Å²) in [6.45, 7) is 1.94. The quantitative estimate of drug-likeness (QED) is 0.361. The van der Waals surface area contributed by atoms with Crippen LogP contribution in [0.2, 0.25) is 0 Å². The van der Waals surface area contributed by atoms with Crippen LogP contribution in [0.5, 0.6) is 5.75 Å². The van der Waals surface area contributed by atoms with Gasteiger partial charge >= 0.3 is 0 Å². The minimum Gasteiger partial charge on any atom is -0.510 e. The molecule has 3 aliphatic carbocycles. The number of phenolic OH excluding ortho intramolecular Hbond substituents is 1. The van der Waals surface area contributed by atoms with Crippen LogP contribution in [0.15, 0.2) is 53.0 Å². The number of likely N-dealkylation sites (N-methyl/N-ethyl adjacent to an activating group) is 1. The number of rotatable bonds is 4. The molecule has 210 valence electrons. The standard InChI is InChI=1S/C30H33N3O7/c1-13-6-8-14(9-7-13)16-12-19(32(2)3)17-10-15-11-18-23(33(4)5)26(36)22(29(31)39)28(38)30(18,40)27(37)20(15)25(35)21(17)24(16)34/h6-9,12,15,18,23,34,36-37,40H,10-11H2,1-5H3,(H2,31,39)/t15-,18-,23-,30-/m0/s1. The second-order valence-electron chi connectivity index (χ2n) is 11.4. The number of aromatic hydroxyl groups is 1. The fourth-order valence-corrected chi connectivity index (χ4v) is 6.65. The first kappa shape index (κ1) is 27.4. The highest BCUT2D eigenvalue weighted by Gasteiger charge is 2.63. The van der Waals surface area contributed by atoms with E-state index in [1.54, 1.807) is 14.1 Å². The van der Waals surface area contributed by atoms with Gasteiger partial charge in [-0.1, -0.05) is 29.8 Å². The number of nitrogens with zero attached hydrogens (tertiary/aromatic N) is 2. The normalized spacial score (nSPS) is 26.0. The lowest BCUT2D eigenvalue weighted by atomic mass is 9.58. The van der Waals surface area contributed by atoms with Crippen LogP contribution in [-0.4, -0.2) is 82.6 Å². The van der Waals surface area contributed by atoms with Gasteiger partial charge in [0.15, 0.2) is 11.4 Å². The van der Waals surface area contributed by atoms with Crippen molar-refractivity contribution < 1.29 is 34.8 Å². The van der Waals surface area contributed by atoms with Gasteiger partial charge in [-0.15, -0.1) is 0 Å². The zero-order valence-corrected chi connectivity index (χ0v) is 23.0. The molecule has 6 N–H and O–H groups in total. The molecule has 0 radical (unpaired) electrons. The zero-order chi connectivity index (χ0) is 29.4. The van der Waals surface area contributed by atoms with Gasteiger partial charge in [0, 0.05) is 36.8 Å². The molecule has 0 unspecified atom stereocenters. The predicted molar refractivity (Wildman–Crippen MR) is 148 cm³/mol. The molecule has 10 heteroatoms. The third-order valence-corrected chi connectivity index (χ3v) is 8.54. The van der Waals surface area contributed by atoms with Gasteiger partial charge in [-0.25, -0.2) is 0 Å². The van der Waals surface area contributed by atoms with Crippen LogP contribution < -0.4 is 10.6 Å². The average molecular weight is 548 g/mol. The highest BCUT2D eigenvalue weighted by atomic mass is 16.3. The molecule has 1 amide bonds. The number of nitrogens with two attached hydrogens (primary N) is 1. The Hall–Kier alpha value is -4.15. The summed E-state index contributed by atoms with van der Waals surface area (Å²) in [6.07, 6.45) is 0.267. The molecule has 5 rings (SSSR count). The molecule has 2 aromatic rings. The van der Waals surface area contributed by atoms with Gasteiger partial charge in [0.2, 0.25) is 5.78 Å². The molecular formula is C30H33N3O7. The number of hydrogen-bond donors (Lipinski definition) is 5. The summed E-state index contributed by atoms with van der Waals surface area (Å²) >= 11 is 0. The summed E-state index contributed by atoms with van der Waals surface area (Å²) in [6, 6.07) is 8.24. The van der Waals surface area contributed by atoms with Crippen LogP contribution in [-0.2, 0) is 16.0 Å². The first-order chi connectivity index (χ1) is 18.7. The number of aliphatic hydroxyl groups excluding tert-OH is 2. The maximum absolute atomic E-state index is 14.1. The van der Waals surface area contributed by atoms with Gasteiger partial charge in [0.1, 0.15) is 22.8 Å². The van der Waals surface area contributed by atoms with Crippen molar-refractivity contribution in [1.82, 2.24) is 4.90 Å². The van der Waals surface area contributed by atoms with E-state index in [-0.39, 0.29) is 29.7 Å². The molecular weight excluding hydrogens is 514 g/mol. The van der Waals surface area contributed by atoms with E-state index in [9.17, 15) is 34.8 Å². The predicted octanol–water partition coefficient (Wildman–Crippen LogP) is 2.16. The Morgan fingerprint density at radius 1 is 1.05 bits per heavy atom. The number of benzene rings is 2. The molecule has 0 aliphatic heterocycles. The highest BCUT2D eigenvalue weighted by molar-refractivity contribution is 6.25. The van der Waals surface area contributed by atoms with Crippen LogP contribution in [0.4, 0.5) is 5.69 Å². The number of carbonyl (C=O) groups is 3. The number of aryl methyl sites for hydroxylation is 1. The van der Waals surface area contributed by atoms with Crippen molar-refractivity contribution in [3.8, 4) is 16.9 Å². The summed E-state index contributed by atoms with van der Waals surface area (Å²) in [5, 5.41) is 45.7. The SMILES string of the molecule is Cc1ccc(-c2cc(N(C)C)c3c(c2O)C(=O)C2=C(O)[C@]4(O)C(=O)C(C(N)=O)=C(O)[C@@H](N(C)C)[C@@H]4C[C@@H]2C3)cc1. The van der Waals surface area contributed by atoms with E-state index in [0.29, 0.717) is 22.4 Å². The van der Waals surface area contributed by atoms with E-state index < -0.39 is 58.0 Å². The molecule has 2 aromatic carbocycles. The maximum atomic E-state index is 14.1. The Labute approximate surface area is 231 Å². The Bertz CT molecular complexity index is 1540. The highest BCUT2D eigenvalue weighted by Crippen LogP contribution is 2.54. The van der Waals surface area contributed by atoms with E-state index in [2.05, 4.69) is 0 Å². The van der Waals surface area contributed by atoms with Crippen molar-refractivity contribution >= 4 is 23.2 Å². The van der Waals surface area contributed by atoms with Crippen LogP contribution in [0.3, 0.4) is 0 Å². The van der Waals surface area contributed by atoms with Gasteiger partial charge < -0.3 is 31.1 Å². The van der Waals surface area contributed by atoms with Crippen LogP contribution >= 0.6 is 0 Å². The molecule has 0 fully saturated rings. The van der Waals surface area contributed by atoms with Gasteiger partial charge in [0.25, 0.3) is 5.91 Å². The summed E-state index contributed by atoms with van der Waals surface area (Å²) in [7, 11) is 6.85. The largest absolute Gasteiger partial charge is 0.510 e. The first-order valence-electron chi connectivity index (χ1n) is 13.0. The number of anilines is 1. The van der Waals surface area contributed by atoms with Gasteiger partial charge in [-0.3, -0.25) is 19.3 Å². The summed E-state index contributed by atoms with van der Waals surface area (Å²) in [4.78, 5) is 43.1.